The third-order valence-electron chi connectivity index (χ3n) is 5.88. The Kier molecular flexibility index (Phi) is 6.05. The van der Waals surface area contributed by atoms with Gasteiger partial charge in [0.15, 0.2) is 5.78 Å². The highest BCUT2D eigenvalue weighted by molar-refractivity contribution is 9.10. The van der Waals surface area contributed by atoms with Crippen LogP contribution < -0.4 is 0 Å². The molecule has 0 atom stereocenters. The van der Waals surface area contributed by atoms with Gasteiger partial charge in [0.05, 0.1) is 33.9 Å². The number of carbonyl (C=O) groups is 1. The average Bonchev–Trinajstić information content (AvgIpc) is 3.16. The van der Waals surface area contributed by atoms with Crippen LogP contribution in [0.2, 0.25) is 0 Å². The van der Waals surface area contributed by atoms with E-state index in [1.807, 2.05) is 24.3 Å². The van der Waals surface area contributed by atoms with Crippen LogP contribution in [-0.2, 0) is 17.8 Å². The number of pyridine rings is 1. The van der Waals surface area contributed by atoms with Crippen molar-refractivity contribution in [2.75, 3.05) is 5.75 Å². The van der Waals surface area contributed by atoms with Crippen LogP contribution in [0.3, 0.4) is 0 Å². The minimum Gasteiger partial charge on any atom is -0.370 e. The van der Waals surface area contributed by atoms with Crippen molar-refractivity contribution in [1.82, 2.24) is 15.0 Å². The van der Waals surface area contributed by atoms with Gasteiger partial charge >= 0.3 is 0 Å². The zero-order chi connectivity index (χ0) is 23.3. The third kappa shape index (κ3) is 4.34. The lowest BCUT2D eigenvalue weighted by molar-refractivity contribution is -0.0402. The smallest absolute Gasteiger partial charge is 0.173 e. The molecule has 4 heterocycles. The standard InChI is InChI=1S/C25H24BrN3O2S2/c1-13(2)20-17-10-31-25(3,4)9-16(17)19-21-22(33-23(19)29-20)24(28-12-27-21)32-11-18(30)14-5-7-15(26)8-6-14/h5-8,12-13H,9-11H2,1-4H3. The fourth-order valence-corrected chi connectivity index (χ4v) is 6.64. The lowest BCUT2D eigenvalue weighted by atomic mass is 9.87. The van der Waals surface area contributed by atoms with Crippen LogP contribution in [0.15, 0.2) is 40.1 Å². The summed E-state index contributed by atoms with van der Waals surface area (Å²) >= 11 is 6.51. The zero-order valence-electron chi connectivity index (χ0n) is 18.9. The molecule has 1 aromatic carbocycles. The molecule has 4 aromatic rings. The molecule has 0 N–H and O–H groups in total. The van der Waals surface area contributed by atoms with Crippen molar-refractivity contribution in [1.29, 1.82) is 0 Å². The van der Waals surface area contributed by atoms with Gasteiger partial charge in [-0.25, -0.2) is 15.0 Å². The molecule has 0 saturated heterocycles. The highest BCUT2D eigenvalue weighted by Crippen LogP contribution is 2.43. The SMILES string of the molecule is CC(C)c1nc2sc3c(SCC(=O)c4ccc(Br)cc4)ncnc3c2c2c1COC(C)(C)C2. The molecule has 0 saturated carbocycles. The fourth-order valence-electron chi connectivity index (χ4n) is 4.24. The Morgan fingerprint density at radius 3 is 2.70 bits per heavy atom. The van der Waals surface area contributed by atoms with Gasteiger partial charge in [0.25, 0.3) is 0 Å². The molecule has 0 spiro atoms. The van der Waals surface area contributed by atoms with Crippen LogP contribution in [0.25, 0.3) is 20.4 Å². The molecule has 33 heavy (non-hydrogen) atoms. The van der Waals surface area contributed by atoms with Crippen LogP contribution in [-0.4, -0.2) is 32.1 Å². The number of nitrogens with zero attached hydrogens (tertiary/aromatic N) is 3. The molecule has 3 aromatic heterocycles. The topological polar surface area (TPSA) is 65.0 Å². The van der Waals surface area contributed by atoms with Gasteiger partial charge < -0.3 is 4.74 Å². The third-order valence-corrected chi connectivity index (χ3v) is 8.61. The number of aromatic nitrogens is 3. The Morgan fingerprint density at radius 2 is 1.97 bits per heavy atom. The number of halogens is 1. The molecule has 0 unspecified atom stereocenters. The lowest BCUT2D eigenvalue weighted by Gasteiger charge is -2.33. The monoisotopic (exact) mass is 541 g/mol. The molecule has 0 radical (unpaired) electrons. The van der Waals surface area contributed by atoms with Crippen LogP contribution in [0.5, 0.6) is 0 Å². The summed E-state index contributed by atoms with van der Waals surface area (Å²) in [7, 11) is 0. The van der Waals surface area contributed by atoms with Gasteiger partial charge in [-0.1, -0.05) is 53.7 Å². The summed E-state index contributed by atoms with van der Waals surface area (Å²) in [5.41, 5.74) is 5.01. The second kappa shape index (κ2) is 8.73. The molecule has 0 fully saturated rings. The Balaban J connectivity index is 1.58. The molecule has 5 nitrogen and oxygen atoms in total. The van der Waals surface area contributed by atoms with Crippen molar-refractivity contribution < 1.29 is 9.53 Å². The average molecular weight is 543 g/mol. The van der Waals surface area contributed by atoms with Gasteiger partial charge in [-0.15, -0.1) is 11.3 Å². The van der Waals surface area contributed by atoms with E-state index in [2.05, 4.69) is 53.6 Å². The summed E-state index contributed by atoms with van der Waals surface area (Å²) in [6.45, 7) is 9.20. The number of hydrogen-bond acceptors (Lipinski definition) is 7. The van der Waals surface area contributed by atoms with E-state index in [1.54, 1.807) is 17.7 Å². The lowest BCUT2D eigenvalue weighted by Crippen LogP contribution is -2.32. The maximum absolute atomic E-state index is 12.7. The Morgan fingerprint density at radius 1 is 1.21 bits per heavy atom. The van der Waals surface area contributed by atoms with Crippen LogP contribution in [0.1, 0.15) is 60.8 Å². The van der Waals surface area contributed by atoms with Gasteiger partial charge in [-0.3, -0.25) is 4.79 Å². The van der Waals surface area contributed by atoms with E-state index < -0.39 is 0 Å². The highest BCUT2D eigenvalue weighted by Gasteiger charge is 2.32. The summed E-state index contributed by atoms with van der Waals surface area (Å²) in [5, 5.41) is 1.95. The first-order chi connectivity index (χ1) is 15.7. The zero-order valence-corrected chi connectivity index (χ0v) is 22.2. The number of benzene rings is 1. The summed E-state index contributed by atoms with van der Waals surface area (Å²) in [4.78, 5) is 28.0. The second-order valence-corrected chi connectivity index (χ2v) is 12.1. The molecule has 1 aliphatic heterocycles. The summed E-state index contributed by atoms with van der Waals surface area (Å²) < 4.78 is 8.10. The minimum absolute atomic E-state index is 0.0804. The molecule has 0 bridgehead atoms. The van der Waals surface area contributed by atoms with Gasteiger partial charge in [-0.2, -0.15) is 0 Å². The maximum Gasteiger partial charge on any atom is 0.173 e. The van der Waals surface area contributed by atoms with Crippen LogP contribution in [0.4, 0.5) is 0 Å². The fraction of sp³-hybridized carbons (Fsp3) is 0.360. The Bertz CT molecular complexity index is 1380. The van der Waals surface area contributed by atoms with Crippen molar-refractivity contribution in [3.63, 3.8) is 0 Å². The summed E-state index contributed by atoms with van der Waals surface area (Å²) in [5.74, 6) is 0.713. The molecule has 1 aliphatic rings. The number of Topliss-reactive ketones (excluding diaryl/α,β-unsaturated/α-hetero) is 1. The summed E-state index contributed by atoms with van der Waals surface area (Å²) in [6.07, 6.45) is 2.43. The number of thioether (sulfide) groups is 1. The van der Waals surface area contributed by atoms with Gasteiger partial charge in [-0.05, 0) is 37.5 Å². The van der Waals surface area contributed by atoms with E-state index >= 15 is 0 Å². The van der Waals surface area contributed by atoms with E-state index in [1.165, 1.54) is 22.9 Å². The first-order valence-electron chi connectivity index (χ1n) is 10.9. The van der Waals surface area contributed by atoms with Gasteiger partial charge in [0.1, 0.15) is 16.2 Å². The molecule has 170 valence electrons. The number of ether oxygens (including phenoxy) is 1. The number of hydrogen-bond donors (Lipinski definition) is 0. The van der Waals surface area contributed by atoms with E-state index in [9.17, 15) is 4.79 Å². The van der Waals surface area contributed by atoms with Crippen LogP contribution in [0, 0.1) is 0 Å². The van der Waals surface area contributed by atoms with Gasteiger partial charge in [0, 0.05) is 27.4 Å². The largest absolute Gasteiger partial charge is 0.370 e. The van der Waals surface area contributed by atoms with Crippen LogP contribution >= 0.6 is 39.0 Å². The van der Waals surface area contributed by atoms with Crippen molar-refractivity contribution in [2.24, 2.45) is 0 Å². The maximum atomic E-state index is 12.7. The minimum atomic E-state index is -0.231. The molecular weight excluding hydrogens is 518 g/mol. The Labute approximate surface area is 209 Å². The second-order valence-electron chi connectivity index (χ2n) is 9.19. The normalized spacial score (nSPS) is 15.3. The summed E-state index contributed by atoms with van der Waals surface area (Å²) in [6, 6.07) is 7.46. The van der Waals surface area contributed by atoms with E-state index in [-0.39, 0.29) is 11.4 Å². The van der Waals surface area contributed by atoms with E-state index in [0.29, 0.717) is 23.8 Å². The van der Waals surface area contributed by atoms with Gasteiger partial charge in [0.2, 0.25) is 0 Å². The highest BCUT2D eigenvalue weighted by atomic mass is 79.9. The number of ketones is 1. The first-order valence-corrected chi connectivity index (χ1v) is 13.5. The van der Waals surface area contributed by atoms with E-state index in [0.717, 1.165) is 42.0 Å². The van der Waals surface area contributed by atoms with Crippen molar-refractivity contribution >= 4 is 65.2 Å². The quantitative estimate of drug-likeness (QED) is 0.155. The molecule has 0 aliphatic carbocycles. The molecule has 5 rings (SSSR count). The van der Waals surface area contributed by atoms with Crippen molar-refractivity contribution in [2.45, 2.75) is 57.3 Å². The van der Waals surface area contributed by atoms with Crippen molar-refractivity contribution in [3.05, 3.63) is 57.4 Å². The molecular formula is C25H24BrN3O2S2. The number of thiophene rings is 1. The number of carbonyl (C=O) groups excluding carboxylic acids is 1. The predicted molar refractivity (Wildman–Crippen MR) is 139 cm³/mol. The predicted octanol–water partition coefficient (Wildman–Crippen LogP) is 6.95. The Hall–Kier alpha value is -1.87. The number of rotatable bonds is 5. The number of fused-ring (bicyclic) bond motifs is 5. The molecule has 8 heteroatoms. The van der Waals surface area contributed by atoms with E-state index in [4.69, 9.17) is 9.72 Å². The molecule has 0 amide bonds. The van der Waals surface area contributed by atoms with Crippen molar-refractivity contribution in [3.8, 4) is 0 Å². The first kappa shape index (κ1) is 22.9.